The van der Waals surface area contributed by atoms with E-state index in [-0.39, 0.29) is 12.1 Å². The van der Waals surface area contributed by atoms with E-state index in [1.807, 2.05) is 23.0 Å². The molecular weight excluding hydrogens is 374 g/mol. The van der Waals surface area contributed by atoms with Crippen molar-refractivity contribution in [2.75, 3.05) is 38.2 Å². The highest BCUT2D eigenvalue weighted by molar-refractivity contribution is 5.90. The van der Waals surface area contributed by atoms with Gasteiger partial charge in [-0.2, -0.15) is 0 Å². The molecule has 2 aromatic rings. The zero-order valence-corrected chi connectivity index (χ0v) is 16.2. The number of nitrogens with one attached hydrogen (secondary N) is 1. The summed E-state index contributed by atoms with van der Waals surface area (Å²) in [7, 11) is 0. The Kier molecular flexibility index (Phi) is 4.97. The molecule has 2 aliphatic heterocycles. The molecule has 0 spiro atoms. The van der Waals surface area contributed by atoms with Gasteiger partial charge in [-0.3, -0.25) is 0 Å². The smallest absolute Gasteiger partial charge is 0.321 e. The van der Waals surface area contributed by atoms with E-state index in [1.165, 1.54) is 12.8 Å². The summed E-state index contributed by atoms with van der Waals surface area (Å²) in [6, 6.07) is 5.44. The van der Waals surface area contributed by atoms with E-state index in [9.17, 15) is 4.79 Å². The van der Waals surface area contributed by atoms with Gasteiger partial charge in [-0.05, 0) is 37.3 Å². The van der Waals surface area contributed by atoms with Gasteiger partial charge in [-0.15, -0.1) is 5.10 Å². The van der Waals surface area contributed by atoms with Gasteiger partial charge in [0.25, 0.3) is 0 Å². The zero-order chi connectivity index (χ0) is 19.6. The van der Waals surface area contributed by atoms with Crippen LogP contribution in [0.2, 0.25) is 0 Å². The minimum atomic E-state index is -0.128. The van der Waals surface area contributed by atoms with E-state index >= 15 is 0 Å². The number of hydrogen-bond acceptors (Lipinski definition) is 6. The van der Waals surface area contributed by atoms with Crippen molar-refractivity contribution in [2.24, 2.45) is 5.92 Å². The van der Waals surface area contributed by atoms with Gasteiger partial charge in [-0.25, -0.2) is 9.48 Å². The molecule has 0 radical (unpaired) electrons. The van der Waals surface area contributed by atoms with Crippen molar-refractivity contribution in [3.05, 3.63) is 30.1 Å². The van der Waals surface area contributed by atoms with Gasteiger partial charge in [0.05, 0.1) is 18.8 Å². The Bertz CT molecular complexity index is 882. The summed E-state index contributed by atoms with van der Waals surface area (Å²) in [4.78, 5) is 14.5. The minimum Gasteiger partial charge on any atom is -0.486 e. The van der Waals surface area contributed by atoms with E-state index < -0.39 is 0 Å². The maximum Gasteiger partial charge on any atom is 0.321 e. The van der Waals surface area contributed by atoms with Crippen LogP contribution in [0.5, 0.6) is 11.5 Å². The maximum absolute atomic E-state index is 12.7. The normalized spacial score (nSPS) is 20.7. The van der Waals surface area contributed by atoms with Gasteiger partial charge in [0, 0.05) is 31.5 Å². The zero-order valence-electron chi connectivity index (χ0n) is 16.2. The van der Waals surface area contributed by atoms with E-state index in [0.29, 0.717) is 50.1 Å². The third kappa shape index (κ3) is 4.29. The molecule has 154 valence electrons. The SMILES string of the molecule is O=C(Nc1ccc2c(c1)OCCO2)N1CCC(n2cc(COCC3CC3)nn2)C1. The van der Waals surface area contributed by atoms with Crippen LogP contribution in [-0.4, -0.2) is 58.8 Å². The molecule has 1 atom stereocenters. The summed E-state index contributed by atoms with van der Waals surface area (Å²) < 4.78 is 18.6. The summed E-state index contributed by atoms with van der Waals surface area (Å²) in [6.07, 6.45) is 5.33. The molecule has 3 aliphatic rings. The number of carbonyl (C=O) groups is 1. The number of benzene rings is 1. The largest absolute Gasteiger partial charge is 0.486 e. The number of carbonyl (C=O) groups excluding carboxylic acids is 1. The number of anilines is 1. The molecule has 1 aromatic carbocycles. The Morgan fingerprint density at radius 1 is 1.21 bits per heavy atom. The van der Waals surface area contributed by atoms with Crippen LogP contribution >= 0.6 is 0 Å². The van der Waals surface area contributed by atoms with Crippen molar-refractivity contribution in [3.63, 3.8) is 0 Å². The highest BCUT2D eigenvalue weighted by Gasteiger charge is 2.29. The molecule has 2 fully saturated rings. The number of urea groups is 1. The van der Waals surface area contributed by atoms with Gasteiger partial charge < -0.3 is 24.4 Å². The molecule has 0 bridgehead atoms. The van der Waals surface area contributed by atoms with E-state index in [2.05, 4.69) is 15.6 Å². The Morgan fingerprint density at radius 3 is 2.93 bits per heavy atom. The predicted molar refractivity (Wildman–Crippen MR) is 104 cm³/mol. The number of ether oxygens (including phenoxy) is 3. The minimum absolute atomic E-state index is 0.128. The van der Waals surface area contributed by atoms with Crippen LogP contribution in [0.15, 0.2) is 24.4 Å². The molecule has 29 heavy (non-hydrogen) atoms. The van der Waals surface area contributed by atoms with Crippen LogP contribution in [0.1, 0.15) is 31.0 Å². The molecule has 5 rings (SSSR count). The summed E-state index contributed by atoms with van der Waals surface area (Å²) in [5.74, 6) is 2.10. The first kappa shape index (κ1) is 18.2. The fourth-order valence-electron chi connectivity index (χ4n) is 3.64. The summed E-state index contributed by atoms with van der Waals surface area (Å²) in [6.45, 7) is 3.65. The molecule has 1 N–H and O–H groups in total. The molecule has 1 saturated heterocycles. The Hall–Kier alpha value is -2.81. The quantitative estimate of drug-likeness (QED) is 0.802. The predicted octanol–water partition coefficient (Wildman–Crippen LogP) is 2.45. The lowest BCUT2D eigenvalue weighted by Crippen LogP contribution is -2.33. The second-order valence-corrected chi connectivity index (χ2v) is 7.83. The number of aromatic nitrogens is 3. The fraction of sp³-hybridized carbons (Fsp3) is 0.550. The van der Waals surface area contributed by atoms with Gasteiger partial charge in [-0.1, -0.05) is 5.21 Å². The first-order chi connectivity index (χ1) is 14.2. The Balaban J connectivity index is 1.14. The topological polar surface area (TPSA) is 90.7 Å². The average molecular weight is 399 g/mol. The van der Waals surface area contributed by atoms with Crippen LogP contribution in [0.4, 0.5) is 10.5 Å². The summed E-state index contributed by atoms with van der Waals surface area (Å²) >= 11 is 0. The van der Waals surface area contributed by atoms with Gasteiger partial charge >= 0.3 is 6.03 Å². The summed E-state index contributed by atoms with van der Waals surface area (Å²) in [5.41, 5.74) is 1.53. The number of nitrogens with zero attached hydrogens (tertiary/aromatic N) is 4. The maximum atomic E-state index is 12.7. The number of amides is 2. The van der Waals surface area contributed by atoms with Crippen LogP contribution in [0.25, 0.3) is 0 Å². The summed E-state index contributed by atoms with van der Waals surface area (Å²) in [5, 5.41) is 11.4. The lowest BCUT2D eigenvalue weighted by molar-refractivity contribution is 0.108. The third-order valence-corrected chi connectivity index (χ3v) is 5.48. The standard InChI is InChI=1S/C20H25N5O4/c26-20(21-15-3-4-18-19(9-15)29-8-7-28-18)24-6-5-17(11-24)25-10-16(22-23-25)13-27-12-14-1-2-14/h3-4,9-10,14,17H,1-2,5-8,11-13H2,(H,21,26). The molecule has 2 amide bonds. The Labute approximate surface area is 168 Å². The second kappa shape index (κ2) is 7.90. The van der Waals surface area contributed by atoms with Crippen LogP contribution in [0.3, 0.4) is 0 Å². The molecule has 1 unspecified atom stereocenters. The number of hydrogen-bond donors (Lipinski definition) is 1. The van der Waals surface area contributed by atoms with Crippen LogP contribution in [-0.2, 0) is 11.3 Å². The number of rotatable bonds is 6. The van der Waals surface area contributed by atoms with Crippen LogP contribution in [0, 0.1) is 5.92 Å². The van der Waals surface area contributed by atoms with Crippen molar-refractivity contribution in [1.82, 2.24) is 19.9 Å². The van der Waals surface area contributed by atoms with Crippen molar-refractivity contribution in [1.29, 1.82) is 0 Å². The lowest BCUT2D eigenvalue weighted by atomic mass is 10.2. The average Bonchev–Trinajstić information content (AvgIpc) is 3.23. The third-order valence-electron chi connectivity index (χ3n) is 5.48. The first-order valence-corrected chi connectivity index (χ1v) is 10.2. The van der Waals surface area contributed by atoms with E-state index in [4.69, 9.17) is 14.2 Å². The highest BCUT2D eigenvalue weighted by Crippen LogP contribution is 2.33. The van der Waals surface area contributed by atoms with Crippen molar-refractivity contribution >= 4 is 11.7 Å². The van der Waals surface area contributed by atoms with Crippen molar-refractivity contribution < 1.29 is 19.0 Å². The Morgan fingerprint density at radius 2 is 2.07 bits per heavy atom. The van der Waals surface area contributed by atoms with Crippen molar-refractivity contribution in [2.45, 2.75) is 31.9 Å². The van der Waals surface area contributed by atoms with Crippen molar-refractivity contribution in [3.8, 4) is 11.5 Å². The molecule has 9 nitrogen and oxygen atoms in total. The van der Waals surface area contributed by atoms with E-state index in [0.717, 1.165) is 24.6 Å². The fourth-order valence-corrected chi connectivity index (χ4v) is 3.64. The molecule has 1 aromatic heterocycles. The van der Waals surface area contributed by atoms with E-state index in [1.54, 1.807) is 11.0 Å². The highest BCUT2D eigenvalue weighted by atomic mass is 16.6. The van der Waals surface area contributed by atoms with Gasteiger partial charge in [0.1, 0.15) is 18.9 Å². The molecule has 3 heterocycles. The number of likely N-dealkylation sites (tertiary alicyclic amines) is 1. The second-order valence-electron chi connectivity index (χ2n) is 7.83. The monoisotopic (exact) mass is 399 g/mol. The molecule has 1 saturated carbocycles. The molecular formula is C20H25N5O4. The lowest BCUT2D eigenvalue weighted by Gasteiger charge is -2.20. The first-order valence-electron chi connectivity index (χ1n) is 10.2. The molecule has 9 heteroatoms. The van der Waals surface area contributed by atoms with Gasteiger partial charge in [0.2, 0.25) is 0 Å². The number of fused-ring (bicyclic) bond motifs is 1. The molecule has 1 aliphatic carbocycles. The van der Waals surface area contributed by atoms with Crippen LogP contribution < -0.4 is 14.8 Å². The van der Waals surface area contributed by atoms with Gasteiger partial charge in [0.15, 0.2) is 11.5 Å².